The fraction of sp³-hybridized carbons (Fsp3) is 0.176. The third kappa shape index (κ3) is 2.97. The van der Waals surface area contributed by atoms with Gasteiger partial charge in [-0.1, -0.05) is 18.5 Å². The number of rotatable bonds is 4. The maximum Gasteiger partial charge on any atom is 0.257 e. The van der Waals surface area contributed by atoms with Crippen LogP contribution in [0.2, 0.25) is 5.15 Å². The minimum absolute atomic E-state index is 0.198. The van der Waals surface area contributed by atoms with Crippen LogP contribution in [0.1, 0.15) is 23.7 Å². The van der Waals surface area contributed by atoms with Crippen LogP contribution in [-0.4, -0.2) is 15.5 Å². The third-order valence-electron chi connectivity index (χ3n) is 3.48. The lowest BCUT2D eigenvalue weighted by Gasteiger charge is -2.07. The molecular weight excluding hydrogens is 298 g/mol. The summed E-state index contributed by atoms with van der Waals surface area (Å²) in [5.74, 6) is -0.198. The molecule has 3 rings (SSSR count). The fourth-order valence-electron chi connectivity index (χ4n) is 2.43. The zero-order chi connectivity index (χ0) is 15.5. The Bertz CT molecular complexity index is 808. The van der Waals surface area contributed by atoms with E-state index in [9.17, 15) is 4.79 Å². The lowest BCUT2D eigenvalue weighted by atomic mass is 10.2. The number of carbonyl (C=O) groups excluding carboxylic acids is 1. The zero-order valence-corrected chi connectivity index (χ0v) is 13.0. The van der Waals surface area contributed by atoms with Crippen molar-refractivity contribution >= 4 is 34.1 Å². The molecule has 0 fully saturated rings. The molecule has 3 aromatic rings. The number of carbonyl (C=O) groups is 1. The predicted molar refractivity (Wildman–Crippen MR) is 89.4 cm³/mol. The van der Waals surface area contributed by atoms with Gasteiger partial charge in [0.15, 0.2) is 0 Å². The highest BCUT2D eigenvalue weighted by Crippen LogP contribution is 2.21. The first-order chi connectivity index (χ1) is 10.7. The van der Waals surface area contributed by atoms with Crippen LogP contribution in [0.5, 0.6) is 0 Å². The van der Waals surface area contributed by atoms with Gasteiger partial charge in [-0.05, 0) is 42.8 Å². The third-order valence-corrected chi connectivity index (χ3v) is 3.71. The average Bonchev–Trinajstić information content (AvgIpc) is 2.91. The van der Waals surface area contributed by atoms with Crippen molar-refractivity contribution in [3.63, 3.8) is 0 Å². The zero-order valence-electron chi connectivity index (χ0n) is 12.2. The van der Waals surface area contributed by atoms with Crippen LogP contribution in [-0.2, 0) is 6.54 Å². The molecule has 0 aliphatic carbocycles. The molecule has 2 heterocycles. The SMILES string of the molecule is CCCn1ccc2cc(NC(=O)c3ccc(Cl)nc3)ccc21. The predicted octanol–water partition coefficient (Wildman–Crippen LogP) is 4.35. The van der Waals surface area contributed by atoms with E-state index < -0.39 is 0 Å². The largest absolute Gasteiger partial charge is 0.347 e. The molecule has 0 radical (unpaired) electrons. The normalized spacial score (nSPS) is 10.8. The average molecular weight is 314 g/mol. The maximum atomic E-state index is 12.2. The molecular formula is C17H16ClN3O. The second-order valence-electron chi connectivity index (χ2n) is 5.11. The Kier molecular flexibility index (Phi) is 4.11. The number of hydrogen-bond acceptors (Lipinski definition) is 2. The molecule has 0 atom stereocenters. The van der Waals surface area contributed by atoms with Crippen LogP contribution < -0.4 is 5.32 Å². The standard InChI is InChI=1S/C17H16ClN3O/c1-2-8-21-9-7-12-10-14(4-5-15(12)21)20-17(22)13-3-6-16(18)19-11-13/h3-7,9-11H,2,8H2,1H3,(H,20,22). The van der Waals surface area contributed by atoms with E-state index in [-0.39, 0.29) is 5.91 Å². The van der Waals surface area contributed by atoms with Gasteiger partial charge in [-0.3, -0.25) is 4.79 Å². The Morgan fingerprint density at radius 3 is 2.86 bits per heavy atom. The van der Waals surface area contributed by atoms with Crippen molar-refractivity contribution in [2.45, 2.75) is 19.9 Å². The monoisotopic (exact) mass is 313 g/mol. The van der Waals surface area contributed by atoms with Crippen molar-refractivity contribution in [1.82, 2.24) is 9.55 Å². The van der Waals surface area contributed by atoms with Crippen molar-refractivity contribution < 1.29 is 4.79 Å². The Morgan fingerprint density at radius 2 is 2.14 bits per heavy atom. The van der Waals surface area contributed by atoms with E-state index in [1.54, 1.807) is 12.1 Å². The van der Waals surface area contributed by atoms with Crippen LogP contribution in [0.15, 0.2) is 48.8 Å². The molecule has 0 saturated heterocycles. The molecule has 0 unspecified atom stereocenters. The van der Waals surface area contributed by atoms with Crippen molar-refractivity contribution in [2.24, 2.45) is 0 Å². The van der Waals surface area contributed by atoms with E-state index in [1.165, 1.54) is 11.7 Å². The van der Waals surface area contributed by atoms with Gasteiger partial charge in [0.05, 0.1) is 5.56 Å². The summed E-state index contributed by atoms with van der Waals surface area (Å²) in [6, 6.07) is 11.2. The van der Waals surface area contributed by atoms with Gasteiger partial charge >= 0.3 is 0 Å². The molecule has 0 bridgehead atoms. The van der Waals surface area contributed by atoms with Gasteiger partial charge in [0, 0.05) is 35.5 Å². The van der Waals surface area contributed by atoms with Gasteiger partial charge in [0.1, 0.15) is 5.15 Å². The highest BCUT2D eigenvalue weighted by Gasteiger charge is 2.08. The van der Waals surface area contributed by atoms with Gasteiger partial charge in [-0.2, -0.15) is 0 Å². The summed E-state index contributed by atoms with van der Waals surface area (Å²) in [4.78, 5) is 16.1. The number of aryl methyl sites for hydroxylation is 1. The summed E-state index contributed by atoms with van der Waals surface area (Å²) in [6.07, 6.45) is 4.63. The molecule has 5 heteroatoms. The second kappa shape index (κ2) is 6.20. The molecule has 0 spiro atoms. The van der Waals surface area contributed by atoms with Crippen molar-refractivity contribution in [3.05, 3.63) is 59.5 Å². The number of aromatic nitrogens is 2. The topological polar surface area (TPSA) is 46.9 Å². The Hall–Kier alpha value is -2.33. The van der Waals surface area contributed by atoms with Crippen LogP contribution in [0.3, 0.4) is 0 Å². The first-order valence-electron chi connectivity index (χ1n) is 7.19. The number of hydrogen-bond donors (Lipinski definition) is 1. The number of pyridine rings is 1. The Balaban J connectivity index is 1.81. The molecule has 1 aromatic carbocycles. The smallest absolute Gasteiger partial charge is 0.257 e. The number of fused-ring (bicyclic) bond motifs is 1. The first kappa shape index (κ1) is 14.6. The summed E-state index contributed by atoms with van der Waals surface area (Å²) in [6.45, 7) is 3.15. The number of halogens is 1. The van der Waals surface area contributed by atoms with E-state index in [1.807, 2.05) is 18.2 Å². The molecule has 4 nitrogen and oxygen atoms in total. The Morgan fingerprint density at radius 1 is 1.27 bits per heavy atom. The molecule has 2 aromatic heterocycles. The van der Waals surface area contributed by atoms with Crippen molar-refractivity contribution in [3.8, 4) is 0 Å². The maximum absolute atomic E-state index is 12.2. The molecule has 1 amide bonds. The fourth-order valence-corrected chi connectivity index (χ4v) is 2.54. The van der Waals surface area contributed by atoms with Gasteiger partial charge < -0.3 is 9.88 Å². The van der Waals surface area contributed by atoms with E-state index >= 15 is 0 Å². The van der Waals surface area contributed by atoms with Crippen LogP contribution in [0.4, 0.5) is 5.69 Å². The summed E-state index contributed by atoms with van der Waals surface area (Å²) in [5, 5.41) is 4.36. The van der Waals surface area contributed by atoms with Gasteiger partial charge in [0.25, 0.3) is 5.91 Å². The van der Waals surface area contributed by atoms with Crippen LogP contribution in [0, 0.1) is 0 Å². The molecule has 1 N–H and O–H groups in total. The lowest BCUT2D eigenvalue weighted by Crippen LogP contribution is -2.12. The summed E-state index contributed by atoms with van der Waals surface area (Å²) in [7, 11) is 0. The first-order valence-corrected chi connectivity index (χ1v) is 7.57. The minimum Gasteiger partial charge on any atom is -0.347 e. The molecule has 0 aliphatic heterocycles. The number of nitrogens with zero attached hydrogens (tertiary/aromatic N) is 2. The molecule has 0 aliphatic rings. The summed E-state index contributed by atoms with van der Waals surface area (Å²) in [5.41, 5.74) is 2.42. The second-order valence-corrected chi connectivity index (χ2v) is 5.49. The highest BCUT2D eigenvalue weighted by molar-refractivity contribution is 6.29. The summed E-state index contributed by atoms with van der Waals surface area (Å²) < 4.78 is 2.21. The van der Waals surface area contributed by atoms with Gasteiger partial charge in [-0.25, -0.2) is 4.98 Å². The van der Waals surface area contributed by atoms with Crippen molar-refractivity contribution in [1.29, 1.82) is 0 Å². The molecule has 112 valence electrons. The number of anilines is 1. The highest BCUT2D eigenvalue weighted by atomic mass is 35.5. The summed E-state index contributed by atoms with van der Waals surface area (Å²) >= 11 is 5.72. The van der Waals surface area contributed by atoms with E-state index in [4.69, 9.17) is 11.6 Å². The number of nitrogens with one attached hydrogen (secondary N) is 1. The van der Waals surface area contributed by atoms with Crippen LogP contribution in [0.25, 0.3) is 10.9 Å². The number of amides is 1. The van der Waals surface area contributed by atoms with Gasteiger partial charge in [0.2, 0.25) is 0 Å². The molecule has 22 heavy (non-hydrogen) atoms. The quantitative estimate of drug-likeness (QED) is 0.728. The Labute approximate surface area is 133 Å². The van der Waals surface area contributed by atoms with E-state index in [2.05, 4.69) is 34.1 Å². The van der Waals surface area contributed by atoms with Crippen LogP contribution >= 0.6 is 11.6 Å². The molecule has 0 saturated carbocycles. The minimum atomic E-state index is -0.198. The van der Waals surface area contributed by atoms with E-state index in [0.29, 0.717) is 10.7 Å². The lowest BCUT2D eigenvalue weighted by molar-refractivity contribution is 0.102. The van der Waals surface area contributed by atoms with Crippen molar-refractivity contribution in [2.75, 3.05) is 5.32 Å². The van der Waals surface area contributed by atoms with Gasteiger partial charge in [-0.15, -0.1) is 0 Å². The van der Waals surface area contributed by atoms with E-state index in [0.717, 1.165) is 24.0 Å². The number of benzene rings is 1.